The van der Waals surface area contributed by atoms with Gasteiger partial charge in [-0.15, -0.1) is 0 Å². The van der Waals surface area contributed by atoms with Crippen molar-refractivity contribution < 1.29 is 14.0 Å². The molecule has 2 aromatic heterocycles. The molecule has 1 fully saturated rings. The Bertz CT molecular complexity index is 526. The second-order valence-electron chi connectivity index (χ2n) is 5.26. The van der Waals surface area contributed by atoms with E-state index in [1.807, 2.05) is 38.1 Å². The lowest BCUT2D eigenvalue weighted by atomic mass is 9.78. The van der Waals surface area contributed by atoms with Crippen molar-refractivity contribution in [3.63, 3.8) is 0 Å². The van der Waals surface area contributed by atoms with E-state index < -0.39 is 0 Å². The van der Waals surface area contributed by atoms with E-state index in [9.17, 15) is 5.21 Å². The van der Waals surface area contributed by atoms with Crippen molar-refractivity contribution in [3.05, 3.63) is 48.3 Å². The highest BCUT2D eigenvalue weighted by atomic mass is 16.4. The monoisotopic (exact) mass is 274 g/mol. The molecule has 0 bridgehead atoms. The maximum atomic E-state index is 9.36. The minimum atomic E-state index is -0.0396. The van der Waals surface area contributed by atoms with Gasteiger partial charge >= 0.3 is 0 Å². The first kappa shape index (κ1) is 13.0. The van der Waals surface area contributed by atoms with Gasteiger partial charge in [0.1, 0.15) is 11.5 Å². The van der Waals surface area contributed by atoms with E-state index in [1.165, 1.54) is 0 Å². The van der Waals surface area contributed by atoms with Crippen molar-refractivity contribution in [2.75, 3.05) is 0 Å². The quantitative estimate of drug-likeness (QED) is 0.650. The van der Waals surface area contributed by atoms with Gasteiger partial charge in [0, 0.05) is 11.8 Å². The number of oxime groups is 1. The summed E-state index contributed by atoms with van der Waals surface area (Å²) in [6.45, 7) is 4.06. The molecule has 106 valence electrons. The maximum Gasteiger partial charge on any atom is 0.121 e. The summed E-state index contributed by atoms with van der Waals surface area (Å²) in [5.74, 6) is 1.77. The van der Waals surface area contributed by atoms with Gasteiger partial charge in [-0.25, -0.2) is 0 Å². The van der Waals surface area contributed by atoms with E-state index in [1.54, 1.807) is 12.5 Å². The van der Waals surface area contributed by atoms with Crippen LogP contribution in [-0.2, 0) is 0 Å². The normalized spacial score (nSPS) is 30.4. The molecule has 0 radical (unpaired) electrons. The van der Waals surface area contributed by atoms with Crippen LogP contribution in [0.4, 0.5) is 0 Å². The van der Waals surface area contributed by atoms with Crippen LogP contribution in [-0.4, -0.2) is 10.9 Å². The molecule has 0 unspecified atom stereocenters. The molecule has 5 heteroatoms. The molecule has 0 spiro atoms. The van der Waals surface area contributed by atoms with Gasteiger partial charge in [-0.3, -0.25) is 5.32 Å². The number of nitrogens with one attached hydrogen (secondary N) is 1. The number of piperidine rings is 1. The van der Waals surface area contributed by atoms with Gasteiger partial charge in [0.05, 0.1) is 30.3 Å². The van der Waals surface area contributed by atoms with Crippen LogP contribution in [0.15, 0.2) is 50.8 Å². The molecule has 1 saturated heterocycles. The summed E-state index contributed by atoms with van der Waals surface area (Å²) in [6.07, 6.45) is 3.30. The number of hydrogen-bond donors (Lipinski definition) is 2. The molecule has 0 amide bonds. The topological polar surface area (TPSA) is 70.9 Å². The third-order valence-corrected chi connectivity index (χ3v) is 4.11. The molecule has 20 heavy (non-hydrogen) atoms. The van der Waals surface area contributed by atoms with Crippen LogP contribution in [0.5, 0.6) is 0 Å². The van der Waals surface area contributed by atoms with Crippen molar-refractivity contribution in [1.29, 1.82) is 0 Å². The summed E-state index contributed by atoms with van der Waals surface area (Å²) in [5, 5.41) is 16.4. The molecule has 2 aromatic rings. The summed E-state index contributed by atoms with van der Waals surface area (Å²) in [7, 11) is 0. The lowest BCUT2D eigenvalue weighted by Gasteiger charge is -2.38. The summed E-state index contributed by atoms with van der Waals surface area (Å²) >= 11 is 0. The van der Waals surface area contributed by atoms with Crippen LogP contribution < -0.4 is 5.32 Å². The van der Waals surface area contributed by atoms with E-state index in [0.717, 1.165) is 17.2 Å². The van der Waals surface area contributed by atoms with Crippen LogP contribution in [0.1, 0.15) is 37.5 Å². The van der Waals surface area contributed by atoms with Crippen LogP contribution in [0, 0.1) is 11.8 Å². The molecule has 2 N–H and O–H groups in total. The van der Waals surface area contributed by atoms with Crippen molar-refractivity contribution in [3.8, 4) is 0 Å². The van der Waals surface area contributed by atoms with Gasteiger partial charge in [0.2, 0.25) is 0 Å². The fourth-order valence-electron chi connectivity index (χ4n) is 3.01. The highest BCUT2D eigenvalue weighted by Gasteiger charge is 2.41. The lowest BCUT2D eigenvalue weighted by molar-refractivity contribution is 0.236. The van der Waals surface area contributed by atoms with E-state index in [2.05, 4.69) is 10.5 Å². The van der Waals surface area contributed by atoms with E-state index in [0.29, 0.717) is 0 Å². The first-order valence-electron chi connectivity index (χ1n) is 6.77. The molecule has 1 aliphatic heterocycles. The maximum absolute atomic E-state index is 9.36. The number of furan rings is 2. The molecular formula is C15H18N2O3. The smallest absolute Gasteiger partial charge is 0.121 e. The Morgan fingerprint density at radius 2 is 1.50 bits per heavy atom. The third-order valence-electron chi connectivity index (χ3n) is 4.11. The Labute approximate surface area is 117 Å². The highest BCUT2D eigenvalue weighted by Crippen LogP contribution is 2.38. The van der Waals surface area contributed by atoms with Crippen molar-refractivity contribution in [1.82, 2.24) is 5.32 Å². The SMILES string of the molecule is C[C@H]1C(=NO)[C@H](C)[C@@H](c2ccco2)N[C@@H]1c1ccco1. The zero-order valence-corrected chi connectivity index (χ0v) is 11.5. The van der Waals surface area contributed by atoms with E-state index in [4.69, 9.17) is 8.83 Å². The summed E-state index contributed by atoms with van der Waals surface area (Å²) in [6, 6.07) is 7.50. The Hall–Kier alpha value is -2.01. The van der Waals surface area contributed by atoms with Gasteiger partial charge in [0.15, 0.2) is 0 Å². The Kier molecular flexibility index (Phi) is 3.36. The Morgan fingerprint density at radius 1 is 1.00 bits per heavy atom. The average Bonchev–Trinajstić information content (AvgIpc) is 3.12. The molecule has 0 saturated carbocycles. The molecule has 0 aliphatic carbocycles. The zero-order chi connectivity index (χ0) is 14.1. The molecule has 3 heterocycles. The zero-order valence-electron chi connectivity index (χ0n) is 11.5. The predicted molar refractivity (Wildman–Crippen MR) is 73.6 cm³/mol. The summed E-state index contributed by atoms with van der Waals surface area (Å²) in [4.78, 5) is 0. The molecule has 3 rings (SSSR count). The molecule has 5 nitrogen and oxygen atoms in total. The third kappa shape index (κ3) is 2.04. The first-order chi connectivity index (χ1) is 9.72. The van der Waals surface area contributed by atoms with Gasteiger partial charge in [0.25, 0.3) is 0 Å². The molecule has 1 aliphatic rings. The molecular weight excluding hydrogens is 256 g/mol. The minimum Gasteiger partial charge on any atom is -0.468 e. The van der Waals surface area contributed by atoms with Gasteiger partial charge in [-0.05, 0) is 24.3 Å². The average molecular weight is 274 g/mol. The van der Waals surface area contributed by atoms with Gasteiger partial charge in [-0.2, -0.15) is 0 Å². The lowest BCUT2D eigenvalue weighted by Crippen LogP contribution is -2.46. The van der Waals surface area contributed by atoms with Crippen molar-refractivity contribution in [2.45, 2.75) is 25.9 Å². The van der Waals surface area contributed by atoms with E-state index in [-0.39, 0.29) is 23.9 Å². The van der Waals surface area contributed by atoms with Crippen LogP contribution >= 0.6 is 0 Å². The van der Waals surface area contributed by atoms with Crippen LogP contribution in [0.25, 0.3) is 0 Å². The molecule has 0 aromatic carbocycles. The van der Waals surface area contributed by atoms with Crippen LogP contribution in [0.3, 0.4) is 0 Å². The predicted octanol–water partition coefficient (Wildman–Crippen LogP) is 3.36. The summed E-state index contributed by atoms with van der Waals surface area (Å²) in [5.41, 5.74) is 0.756. The van der Waals surface area contributed by atoms with Crippen LogP contribution in [0.2, 0.25) is 0 Å². The number of hydrogen-bond acceptors (Lipinski definition) is 5. The Balaban J connectivity index is 1.97. The fraction of sp³-hybridized carbons (Fsp3) is 0.400. The Morgan fingerprint density at radius 3 is 1.85 bits per heavy atom. The number of rotatable bonds is 2. The van der Waals surface area contributed by atoms with Gasteiger partial charge < -0.3 is 14.0 Å². The number of nitrogens with zero attached hydrogens (tertiary/aromatic N) is 1. The standard InChI is InChI=1S/C15H18N2O3/c1-9-13(17-18)10(2)15(12-6-4-8-20-12)16-14(9)11-5-3-7-19-11/h3-10,14-16,18H,1-2H3/t9-,10-,14-,15-/m0/s1. The van der Waals surface area contributed by atoms with E-state index >= 15 is 0 Å². The minimum absolute atomic E-state index is 0.0396. The van der Waals surface area contributed by atoms with Crippen molar-refractivity contribution in [2.24, 2.45) is 17.0 Å². The first-order valence-corrected chi connectivity index (χ1v) is 6.77. The second kappa shape index (κ2) is 5.17. The molecule has 4 atom stereocenters. The highest BCUT2D eigenvalue weighted by molar-refractivity contribution is 5.90. The van der Waals surface area contributed by atoms with Crippen molar-refractivity contribution >= 4 is 5.71 Å². The fourth-order valence-corrected chi connectivity index (χ4v) is 3.01. The van der Waals surface area contributed by atoms with Gasteiger partial charge in [-0.1, -0.05) is 19.0 Å². The second-order valence-corrected chi connectivity index (χ2v) is 5.26. The summed E-state index contributed by atoms with van der Waals surface area (Å²) < 4.78 is 11.0. The largest absolute Gasteiger partial charge is 0.468 e.